The molecule has 20 heavy (non-hydrogen) atoms. The fourth-order valence-electron chi connectivity index (χ4n) is 2.80. The minimum atomic E-state index is -1.00. The van der Waals surface area contributed by atoms with Crippen molar-refractivity contribution in [2.75, 3.05) is 18.4 Å². The average molecular weight is 280 g/mol. The molecule has 3 rings (SSSR count). The first-order valence-corrected chi connectivity index (χ1v) is 6.28. The number of rotatable bonds is 0. The minimum Gasteiger partial charge on any atom is -0.465 e. The number of hydrogen-bond donors (Lipinski definition) is 2. The molecule has 2 heterocycles. The molecule has 1 aromatic carbocycles. The lowest BCUT2D eigenvalue weighted by atomic mass is 9.82. The van der Waals surface area contributed by atoms with E-state index in [0.29, 0.717) is 24.1 Å². The number of carbonyl (C=O) groups is 2. The van der Waals surface area contributed by atoms with Crippen molar-refractivity contribution >= 4 is 17.9 Å². The van der Waals surface area contributed by atoms with Crippen LogP contribution < -0.4 is 5.32 Å². The SMILES string of the molecule is O=C1Nc2ccc(F)cc2C2(CCN(C(=O)O)CC2)O1. The maximum absolute atomic E-state index is 13.5. The van der Waals surface area contributed by atoms with Crippen LogP contribution in [0.1, 0.15) is 18.4 Å². The number of nitrogens with one attached hydrogen (secondary N) is 1. The molecule has 6 nitrogen and oxygen atoms in total. The summed E-state index contributed by atoms with van der Waals surface area (Å²) in [5, 5.41) is 11.5. The molecule has 0 bridgehead atoms. The molecule has 7 heteroatoms. The summed E-state index contributed by atoms with van der Waals surface area (Å²) in [5.41, 5.74) is 0.152. The summed E-state index contributed by atoms with van der Waals surface area (Å²) >= 11 is 0. The summed E-state index contributed by atoms with van der Waals surface area (Å²) in [5.74, 6) is -0.413. The van der Waals surface area contributed by atoms with Gasteiger partial charge < -0.3 is 14.7 Å². The Morgan fingerprint density at radius 2 is 2.10 bits per heavy atom. The Hall–Kier alpha value is -2.31. The highest BCUT2D eigenvalue weighted by atomic mass is 19.1. The highest BCUT2D eigenvalue weighted by molar-refractivity contribution is 5.88. The van der Waals surface area contributed by atoms with E-state index in [2.05, 4.69) is 5.32 Å². The Balaban J connectivity index is 1.96. The summed E-state index contributed by atoms with van der Waals surface area (Å²) in [4.78, 5) is 23.8. The standard InChI is InChI=1S/C13H13FN2O4/c14-8-1-2-10-9(7-8)13(20-11(17)15-10)3-5-16(6-4-13)12(18)19/h1-2,7H,3-6H2,(H,15,17)(H,18,19). The van der Waals surface area contributed by atoms with Crippen molar-refractivity contribution in [2.45, 2.75) is 18.4 Å². The zero-order valence-electron chi connectivity index (χ0n) is 10.6. The molecular weight excluding hydrogens is 267 g/mol. The van der Waals surface area contributed by atoms with Gasteiger partial charge in [-0.1, -0.05) is 0 Å². The van der Waals surface area contributed by atoms with Crippen LogP contribution in [0.15, 0.2) is 18.2 Å². The molecule has 0 unspecified atom stereocenters. The Bertz CT molecular complexity index is 582. The molecule has 106 valence electrons. The van der Waals surface area contributed by atoms with E-state index < -0.39 is 23.6 Å². The van der Waals surface area contributed by atoms with E-state index in [-0.39, 0.29) is 13.1 Å². The van der Waals surface area contributed by atoms with Crippen molar-refractivity contribution in [1.29, 1.82) is 0 Å². The van der Waals surface area contributed by atoms with Crippen LogP contribution >= 0.6 is 0 Å². The second-order valence-electron chi connectivity index (χ2n) is 4.97. The van der Waals surface area contributed by atoms with Gasteiger partial charge in [-0.2, -0.15) is 0 Å². The first-order chi connectivity index (χ1) is 9.50. The van der Waals surface area contributed by atoms with Crippen LogP contribution in [0.3, 0.4) is 0 Å². The molecule has 2 aliphatic heterocycles. The van der Waals surface area contributed by atoms with E-state index in [1.165, 1.54) is 23.1 Å². The highest BCUT2D eigenvalue weighted by Crippen LogP contribution is 2.43. The maximum atomic E-state index is 13.5. The highest BCUT2D eigenvalue weighted by Gasteiger charge is 2.45. The number of piperidine rings is 1. The summed E-state index contributed by atoms with van der Waals surface area (Å²) in [6, 6.07) is 4.10. The summed E-state index contributed by atoms with van der Waals surface area (Å²) in [6.45, 7) is 0.497. The van der Waals surface area contributed by atoms with Gasteiger partial charge >= 0.3 is 12.2 Å². The van der Waals surface area contributed by atoms with Gasteiger partial charge in [0.2, 0.25) is 0 Å². The molecule has 1 aromatic rings. The van der Waals surface area contributed by atoms with Gasteiger partial charge in [-0.05, 0) is 18.2 Å². The molecule has 2 amide bonds. The van der Waals surface area contributed by atoms with Crippen molar-refractivity contribution in [1.82, 2.24) is 4.90 Å². The molecule has 2 aliphatic rings. The Morgan fingerprint density at radius 3 is 2.75 bits per heavy atom. The van der Waals surface area contributed by atoms with Crippen molar-refractivity contribution < 1.29 is 23.8 Å². The second kappa shape index (κ2) is 4.36. The molecule has 2 N–H and O–H groups in total. The number of halogens is 1. The largest absolute Gasteiger partial charge is 0.465 e. The van der Waals surface area contributed by atoms with Crippen LogP contribution in [0.2, 0.25) is 0 Å². The lowest BCUT2D eigenvalue weighted by molar-refractivity contribution is -0.0338. The predicted molar refractivity (Wildman–Crippen MR) is 67.0 cm³/mol. The molecule has 1 spiro atoms. The van der Waals surface area contributed by atoms with Crippen LogP contribution in [-0.4, -0.2) is 35.3 Å². The Morgan fingerprint density at radius 1 is 1.40 bits per heavy atom. The normalized spacial score (nSPS) is 20.1. The monoisotopic (exact) mass is 280 g/mol. The van der Waals surface area contributed by atoms with E-state index in [1.54, 1.807) is 0 Å². The zero-order chi connectivity index (χ0) is 14.3. The molecule has 0 radical (unpaired) electrons. The van der Waals surface area contributed by atoms with Gasteiger partial charge in [0.05, 0.1) is 5.69 Å². The fourth-order valence-corrected chi connectivity index (χ4v) is 2.80. The van der Waals surface area contributed by atoms with Gasteiger partial charge in [0, 0.05) is 31.5 Å². The van der Waals surface area contributed by atoms with Gasteiger partial charge in [-0.15, -0.1) is 0 Å². The molecular formula is C13H13FN2O4. The van der Waals surface area contributed by atoms with Crippen molar-refractivity contribution in [2.24, 2.45) is 0 Å². The maximum Gasteiger partial charge on any atom is 0.412 e. The van der Waals surface area contributed by atoms with Crippen LogP contribution in [0.25, 0.3) is 0 Å². The Kier molecular flexibility index (Phi) is 2.77. The minimum absolute atomic E-state index is 0.249. The van der Waals surface area contributed by atoms with E-state index in [4.69, 9.17) is 9.84 Å². The average Bonchev–Trinajstić information content (AvgIpc) is 2.40. The topological polar surface area (TPSA) is 78.9 Å². The smallest absolute Gasteiger partial charge is 0.412 e. The fraction of sp³-hybridized carbons (Fsp3) is 0.385. The van der Waals surface area contributed by atoms with Gasteiger partial charge in [0.15, 0.2) is 0 Å². The molecule has 0 aromatic heterocycles. The van der Waals surface area contributed by atoms with Gasteiger partial charge in [0.25, 0.3) is 0 Å². The van der Waals surface area contributed by atoms with E-state index in [0.717, 1.165) is 0 Å². The van der Waals surface area contributed by atoms with E-state index >= 15 is 0 Å². The summed E-state index contributed by atoms with van der Waals surface area (Å²) in [6.07, 6.45) is -0.945. The number of nitrogens with zero attached hydrogens (tertiary/aromatic N) is 1. The number of amides is 2. The first kappa shape index (κ1) is 12.7. The molecule has 1 fully saturated rings. The second-order valence-corrected chi connectivity index (χ2v) is 4.97. The summed E-state index contributed by atoms with van der Waals surface area (Å²) < 4.78 is 18.8. The number of anilines is 1. The van der Waals surface area contributed by atoms with Crippen molar-refractivity contribution in [3.63, 3.8) is 0 Å². The third-order valence-electron chi connectivity index (χ3n) is 3.84. The number of carbonyl (C=O) groups excluding carboxylic acids is 1. The number of likely N-dealkylation sites (tertiary alicyclic amines) is 1. The molecule has 1 saturated heterocycles. The number of ether oxygens (including phenoxy) is 1. The predicted octanol–water partition coefficient (Wildman–Crippen LogP) is 2.36. The van der Waals surface area contributed by atoms with Crippen LogP contribution in [0, 0.1) is 5.82 Å². The number of benzene rings is 1. The zero-order valence-corrected chi connectivity index (χ0v) is 10.6. The van der Waals surface area contributed by atoms with Crippen LogP contribution in [0.4, 0.5) is 19.7 Å². The third-order valence-corrected chi connectivity index (χ3v) is 3.84. The van der Waals surface area contributed by atoms with E-state index in [9.17, 15) is 14.0 Å². The van der Waals surface area contributed by atoms with E-state index in [1.807, 2.05) is 0 Å². The van der Waals surface area contributed by atoms with Gasteiger partial charge in [0.1, 0.15) is 11.4 Å². The van der Waals surface area contributed by atoms with Gasteiger partial charge in [-0.3, -0.25) is 5.32 Å². The third kappa shape index (κ3) is 1.95. The number of carboxylic acid groups (broad SMARTS) is 1. The molecule has 0 saturated carbocycles. The van der Waals surface area contributed by atoms with Crippen LogP contribution in [-0.2, 0) is 10.3 Å². The number of hydrogen-bond acceptors (Lipinski definition) is 3. The molecule has 0 atom stereocenters. The lowest BCUT2D eigenvalue weighted by Crippen LogP contribution is -2.49. The van der Waals surface area contributed by atoms with Gasteiger partial charge in [-0.25, -0.2) is 14.0 Å². The number of fused-ring (bicyclic) bond motifs is 2. The first-order valence-electron chi connectivity index (χ1n) is 6.28. The lowest BCUT2D eigenvalue weighted by Gasteiger charge is -2.43. The Labute approximate surface area is 114 Å². The van der Waals surface area contributed by atoms with Crippen LogP contribution in [0.5, 0.6) is 0 Å². The van der Waals surface area contributed by atoms with Crippen molar-refractivity contribution in [3.8, 4) is 0 Å². The van der Waals surface area contributed by atoms with Crippen molar-refractivity contribution in [3.05, 3.63) is 29.6 Å². The quantitative estimate of drug-likeness (QED) is 0.764. The summed E-state index contributed by atoms with van der Waals surface area (Å²) in [7, 11) is 0. The molecule has 0 aliphatic carbocycles.